The van der Waals surface area contributed by atoms with Crippen molar-refractivity contribution in [3.8, 4) is 5.75 Å². The van der Waals surface area contributed by atoms with Gasteiger partial charge in [0.05, 0.1) is 25.5 Å². The normalized spacial score (nSPS) is 17.2. The monoisotopic (exact) mass is 340 g/mol. The molecule has 0 saturated carbocycles. The first-order valence-electron chi connectivity index (χ1n) is 8.51. The molecular weight excluding hydrogens is 320 g/mol. The zero-order valence-electron chi connectivity index (χ0n) is 14.1. The number of aromatic nitrogens is 4. The number of nitrogens with zero attached hydrogens (tertiary/aromatic N) is 3. The summed E-state index contributed by atoms with van der Waals surface area (Å²) in [6.45, 7) is 3.86. The van der Waals surface area contributed by atoms with E-state index in [9.17, 15) is 4.79 Å². The average molecular weight is 340 g/mol. The van der Waals surface area contributed by atoms with Gasteiger partial charge in [0.1, 0.15) is 17.0 Å². The largest absolute Gasteiger partial charge is 0.494 e. The highest BCUT2D eigenvalue weighted by molar-refractivity contribution is 5.73. The Morgan fingerprint density at radius 3 is 3.08 bits per heavy atom. The number of nitrogens with one attached hydrogen (secondary N) is 1. The van der Waals surface area contributed by atoms with Crippen molar-refractivity contribution >= 4 is 11.0 Å². The van der Waals surface area contributed by atoms with Gasteiger partial charge in [-0.15, -0.1) is 0 Å². The van der Waals surface area contributed by atoms with Crippen LogP contribution in [0.25, 0.3) is 11.0 Å². The maximum Gasteiger partial charge on any atom is 0.262 e. The summed E-state index contributed by atoms with van der Waals surface area (Å²) >= 11 is 0. The Hall–Kier alpha value is -2.67. The third-order valence-corrected chi connectivity index (χ3v) is 4.39. The second kappa shape index (κ2) is 6.68. The van der Waals surface area contributed by atoms with E-state index in [1.165, 1.54) is 0 Å². The standard InChI is InChI=1S/C18H20N4O3/c1-2-25-15-6-4-3-5-12(15)9-16-20-17-14(18(23)21-16)10-19-22(17)13-7-8-24-11-13/h3-6,10,13H,2,7-9,11H2,1H3,(H,20,21,23). The van der Waals surface area contributed by atoms with Crippen LogP contribution in [0, 0.1) is 0 Å². The lowest BCUT2D eigenvalue weighted by Gasteiger charge is -2.11. The van der Waals surface area contributed by atoms with Crippen molar-refractivity contribution in [1.29, 1.82) is 0 Å². The van der Waals surface area contributed by atoms with Gasteiger partial charge in [0.25, 0.3) is 5.56 Å². The predicted molar refractivity (Wildman–Crippen MR) is 93.0 cm³/mol. The van der Waals surface area contributed by atoms with Crippen LogP contribution in [-0.4, -0.2) is 39.6 Å². The van der Waals surface area contributed by atoms with Crippen LogP contribution in [0.15, 0.2) is 35.3 Å². The minimum Gasteiger partial charge on any atom is -0.494 e. The molecule has 0 amide bonds. The van der Waals surface area contributed by atoms with Gasteiger partial charge in [-0.3, -0.25) is 4.79 Å². The summed E-state index contributed by atoms with van der Waals surface area (Å²) in [5.41, 5.74) is 1.43. The molecule has 3 heterocycles. The summed E-state index contributed by atoms with van der Waals surface area (Å²) < 4.78 is 12.9. The first kappa shape index (κ1) is 15.8. The van der Waals surface area contributed by atoms with Gasteiger partial charge in [-0.05, 0) is 19.4 Å². The summed E-state index contributed by atoms with van der Waals surface area (Å²) in [5, 5.41) is 4.87. The molecule has 4 rings (SSSR count). The first-order valence-corrected chi connectivity index (χ1v) is 8.51. The lowest BCUT2D eigenvalue weighted by molar-refractivity contribution is 0.185. The van der Waals surface area contributed by atoms with Crippen LogP contribution in [0.5, 0.6) is 5.75 Å². The molecule has 1 atom stereocenters. The lowest BCUT2D eigenvalue weighted by Crippen LogP contribution is -2.16. The highest BCUT2D eigenvalue weighted by atomic mass is 16.5. The highest BCUT2D eigenvalue weighted by Crippen LogP contribution is 2.23. The fourth-order valence-electron chi connectivity index (χ4n) is 3.17. The zero-order valence-corrected chi connectivity index (χ0v) is 14.1. The fourth-order valence-corrected chi connectivity index (χ4v) is 3.17. The summed E-state index contributed by atoms with van der Waals surface area (Å²) in [6.07, 6.45) is 2.96. The van der Waals surface area contributed by atoms with E-state index in [1.54, 1.807) is 6.20 Å². The van der Waals surface area contributed by atoms with E-state index in [-0.39, 0.29) is 11.6 Å². The van der Waals surface area contributed by atoms with Crippen molar-refractivity contribution in [2.45, 2.75) is 25.8 Å². The summed E-state index contributed by atoms with van der Waals surface area (Å²) in [7, 11) is 0. The van der Waals surface area contributed by atoms with Gasteiger partial charge in [-0.25, -0.2) is 9.67 Å². The molecule has 2 aromatic heterocycles. The quantitative estimate of drug-likeness (QED) is 0.769. The van der Waals surface area contributed by atoms with E-state index in [1.807, 2.05) is 35.9 Å². The van der Waals surface area contributed by atoms with Gasteiger partial charge in [0.2, 0.25) is 0 Å². The Balaban J connectivity index is 1.73. The molecule has 1 fully saturated rings. The van der Waals surface area contributed by atoms with Gasteiger partial charge < -0.3 is 14.5 Å². The van der Waals surface area contributed by atoms with Gasteiger partial charge >= 0.3 is 0 Å². The molecule has 0 spiro atoms. The van der Waals surface area contributed by atoms with E-state index >= 15 is 0 Å². The van der Waals surface area contributed by atoms with E-state index < -0.39 is 0 Å². The maximum absolute atomic E-state index is 12.4. The van der Waals surface area contributed by atoms with Crippen molar-refractivity contribution in [1.82, 2.24) is 19.7 Å². The predicted octanol–water partition coefficient (Wildman–Crippen LogP) is 2.07. The number of H-pyrrole nitrogens is 1. The molecule has 1 N–H and O–H groups in total. The van der Waals surface area contributed by atoms with E-state index in [2.05, 4.69) is 15.1 Å². The Kier molecular flexibility index (Phi) is 4.23. The molecule has 1 aromatic carbocycles. The molecule has 1 aliphatic heterocycles. The topological polar surface area (TPSA) is 82.0 Å². The first-order chi connectivity index (χ1) is 12.3. The van der Waals surface area contributed by atoms with Crippen LogP contribution in [0.2, 0.25) is 0 Å². The number of hydrogen-bond acceptors (Lipinski definition) is 5. The Bertz CT molecular complexity index is 941. The Morgan fingerprint density at radius 2 is 2.28 bits per heavy atom. The molecule has 25 heavy (non-hydrogen) atoms. The molecule has 0 bridgehead atoms. The summed E-state index contributed by atoms with van der Waals surface area (Å²) in [4.78, 5) is 20.0. The number of aromatic amines is 1. The van der Waals surface area contributed by atoms with Gasteiger partial charge in [-0.2, -0.15) is 5.10 Å². The second-order valence-electron chi connectivity index (χ2n) is 6.07. The van der Waals surface area contributed by atoms with Crippen molar-refractivity contribution in [2.24, 2.45) is 0 Å². The molecule has 7 heteroatoms. The van der Waals surface area contributed by atoms with Crippen LogP contribution >= 0.6 is 0 Å². The molecule has 1 saturated heterocycles. The number of rotatable bonds is 5. The summed E-state index contributed by atoms with van der Waals surface area (Å²) in [5.74, 6) is 1.41. The van der Waals surface area contributed by atoms with Crippen molar-refractivity contribution in [3.05, 3.63) is 52.2 Å². The zero-order chi connectivity index (χ0) is 17.2. The smallest absolute Gasteiger partial charge is 0.262 e. The van der Waals surface area contributed by atoms with Crippen LogP contribution < -0.4 is 10.3 Å². The number of hydrogen-bond donors (Lipinski definition) is 1. The van der Waals surface area contributed by atoms with Gasteiger partial charge in [0, 0.05) is 18.6 Å². The minimum absolute atomic E-state index is 0.135. The number of ether oxygens (including phenoxy) is 2. The van der Waals surface area contributed by atoms with E-state index in [0.29, 0.717) is 43.1 Å². The second-order valence-corrected chi connectivity index (χ2v) is 6.07. The van der Waals surface area contributed by atoms with Gasteiger partial charge in [0.15, 0.2) is 5.65 Å². The molecule has 3 aromatic rings. The minimum atomic E-state index is -0.168. The molecule has 130 valence electrons. The van der Waals surface area contributed by atoms with Gasteiger partial charge in [-0.1, -0.05) is 18.2 Å². The molecule has 1 unspecified atom stereocenters. The lowest BCUT2D eigenvalue weighted by atomic mass is 10.1. The molecular formula is C18H20N4O3. The third kappa shape index (κ3) is 3.02. The third-order valence-electron chi connectivity index (χ3n) is 4.39. The number of para-hydroxylation sites is 1. The molecule has 0 radical (unpaired) electrons. The van der Waals surface area contributed by atoms with E-state index in [4.69, 9.17) is 9.47 Å². The van der Waals surface area contributed by atoms with Crippen LogP contribution in [0.4, 0.5) is 0 Å². The summed E-state index contributed by atoms with van der Waals surface area (Å²) in [6, 6.07) is 7.93. The number of fused-ring (bicyclic) bond motifs is 1. The molecule has 7 nitrogen and oxygen atoms in total. The van der Waals surface area contributed by atoms with Crippen molar-refractivity contribution < 1.29 is 9.47 Å². The SMILES string of the molecule is CCOc1ccccc1Cc1nc2c(cnn2C2CCOC2)c(=O)[nH]1. The maximum atomic E-state index is 12.4. The van der Waals surface area contributed by atoms with Crippen LogP contribution in [0.1, 0.15) is 30.8 Å². The fraction of sp³-hybridized carbons (Fsp3) is 0.389. The highest BCUT2D eigenvalue weighted by Gasteiger charge is 2.22. The molecule has 0 aliphatic carbocycles. The molecule has 1 aliphatic rings. The van der Waals surface area contributed by atoms with Crippen molar-refractivity contribution in [3.63, 3.8) is 0 Å². The van der Waals surface area contributed by atoms with Crippen molar-refractivity contribution in [2.75, 3.05) is 19.8 Å². The Morgan fingerprint density at radius 1 is 1.40 bits per heavy atom. The average Bonchev–Trinajstić information content (AvgIpc) is 3.26. The van der Waals surface area contributed by atoms with Crippen LogP contribution in [0.3, 0.4) is 0 Å². The number of benzene rings is 1. The Labute approximate surface area is 144 Å². The van der Waals surface area contributed by atoms with Crippen LogP contribution in [-0.2, 0) is 11.2 Å². The van der Waals surface area contributed by atoms with E-state index in [0.717, 1.165) is 17.7 Å².